The fourth-order valence-electron chi connectivity index (χ4n) is 2.50. The fraction of sp³-hybridized carbons (Fsp3) is 0.600. The molecule has 0 saturated carbocycles. The van der Waals surface area contributed by atoms with Crippen LogP contribution in [0.4, 0.5) is 11.4 Å². The number of nitrogens with one attached hydrogen (secondary N) is 1. The molecule has 0 aliphatic carbocycles. The van der Waals surface area contributed by atoms with Gasteiger partial charge in [0.2, 0.25) is 0 Å². The van der Waals surface area contributed by atoms with E-state index >= 15 is 0 Å². The van der Waals surface area contributed by atoms with Crippen LogP contribution < -0.4 is 10.2 Å². The molecule has 0 unspecified atom stereocenters. The summed E-state index contributed by atoms with van der Waals surface area (Å²) in [6.07, 6.45) is 0. The molecule has 0 spiro atoms. The molecule has 94 valence electrons. The second-order valence-electron chi connectivity index (χ2n) is 6.31. The maximum absolute atomic E-state index is 3.60. The van der Waals surface area contributed by atoms with Crippen LogP contribution in [0.3, 0.4) is 0 Å². The van der Waals surface area contributed by atoms with Crippen LogP contribution in [-0.4, -0.2) is 20.1 Å². The lowest BCUT2D eigenvalue weighted by Gasteiger charge is -2.27. The normalized spacial score (nSPS) is 18.6. The molecule has 1 aliphatic heterocycles. The second-order valence-corrected chi connectivity index (χ2v) is 6.31. The second kappa shape index (κ2) is 4.25. The Labute approximate surface area is 105 Å². The van der Waals surface area contributed by atoms with E-state index in [1.807, 2.05) is 0 Å². The Bertz CT molecular complexity index is 407. The first-order valence-corrected chi connectivity index (χ1v) is 6.48. The summed E-state index contributed by atoms with van der Waals surface area (Å²) in [6.45, 7) is 11.2. The lowest BCUT2D eigenvalue weighted by molar-refractivity contribution is 0.403. The lowest BCUT2D eigenvalue weighted by Crippen LogP contribution is -2.33. The number of benzene rings is 1. The van der Waals surface area contributed by atoms with Gasteiger partial charge in [-0.15, -0.1) is 0 Å². The highest BCUT2D eigenvalue weighted by Gasteiger charge is 2.25. The summed E-state index contributed by atoms with van der Waals surface area (Å²) >= 11 is 0. The molecule has 1 aliphatic rings. The van der Waals surface area contributed by atoms with Crippen molar-refractivity contribution < 1.29 is 0 Å². The summed E-state index contributed by atoms with van der Waals surface area (Å²) in [7, 11) is 2.18. The molecular weight excluding hydrogens is 208 g/mol. The molecule has 0 bridgehead atoms. The van der Waals surface area contributed by atoms with E-state index in [-0.39, 0.29) is 0 Å². The number of hydrogen-bond donors (Lipinski definition) is 1. The summed E-state index contributed by atoms with van der Waals surface area (Å²) in [6, 6.07) is 6.80. The molecule has 0 atom stereocenters. The van der Waals surface area contributed by atoms with Crippen LogP contribution in [0, 0.1) is 5.41 Å². The average Bonchev–Trinajstić information content (AvgIpc) is 2.35. The predicted molar refractivity (Wildman–Crippen MR) is 76.1 cm³/mol. The average molecular weight is 232 g/mol. The number of anilines is 2. The Morgan fingerprint density at radius 1 is 1.29 bits per heavy atom. The van der Waals surface area contributed by atoms with Crippen molar-refractivity contribution in [3.05, 3.63) is 23.8 Å². The SMILES string of the molecule is CC(C)c1ccc2c(c1)NCC(C)(C)CN2C. The molecule has 1 N–H and O–H groups in total. The van der Waals surface area contributed by atoms with Crippen molar-refractivity contribution in [3.8, 4) is 0 Å². The topological polar surface area (TPSA) is 15.3 Å². The summed E-state index contributed by atoms with van der Waals surface area (Å²) < 4.78 is 0. The zero-order valence-corrected chi connectivity index (χ0v) is 11.7. The summed E-state index contributed by atoms with van der Waals surface area (Å²) in [5, 5.41) is 3.60. The Hall–Kier alpha value is -1.18. The molecule has 0 aromatic heterocycles. The molecule has 1 aromatic carbocycles. The van der Waals surface area contributed by atoms with E-state index in [4.69, 9.17) is 0 Å². The molecule has 1 heterocycles. The van der Waals surface area contributed by atoms with Crippen molar-refractivity contribution in [2.24, 2.45) is 5.41 Å². The highest BCUT2D eigenvalue weighted by Crippen LogP contribution is 2.34. The van der Waals surface area contributed by atoms with Crippen LogP contribution in [0.15, 0.2) is 18.2 Å². The van der Waals surface area contributed by atoms with Gasteiger partial charge >= 0.3 is 0 Å². The molecule has 2 heteroatoms. The van der Waals surface area contributed by atoms with Gasteiger partial charge in [0.05, 0.1) is 11.4 Å². The van der Waals surface area contributed by atoms with Crippen molar-refractivity contribution in [2.75, 3.05) is 30.4 Å². The summed E-state index contributed by atoms with van der Waals surface area (Å²) in [5.41, 5.74) is 4.32. The van der Waals surface area contributed by atoms with E-state index in [2.05, 4.69) is 63.2 Å². The largest absolute Gasteiger partial charge is 0.383 e. The van der Waals surface area contributed by atoms with Crippen molar-refractivity contribution >= 4 is 11.4 Å². The zero-order chi connectivity index (χ0) is 12.6. The number of rotatable bonds is 1. The first-order chi connectivity index (χ1) is 7.89. The highest BCUT2D eigenvalue weighted by molar-refractivity contribution is 5.72. The maximum Gasteiger partial charge on any atom is 0.0599 e. The number of hydrogen-bond acceptors (Lipinski definition) is 2. The van der Waals surface area contributed by atoms with Crippen LogP contribution in [0.1, 0.15) is 39.2 Å². The first kappa shape index (κ1) is 12.3. The third-order valence-corrected chi connectivity index (χ3v) is 3.52. The minimum Gasteiger partial charge on any atom is -0.383 e. The monoisotopic (exact) mass is 232 g/mol. The smallest absolute Gasteiger partial charge is 0.0599 e. The van der Waals surface area contributed by atoms with Gasteiger partial charge in [0.15, 0.2) is 0 Å². The Morgan fingerprint density at radius 2 is 2.00 bits per heavy atom. The van der Waals surface area contributed by atoms with Crippen LogP contribution >= 0.6 is 0 Å². The molecule has 0 saturated heterocycles. The van der Waals surface area contributed by atoms with Gasteiger partial charge in [-0.2, -0.15) is 0 Å². The molecule has 2 nitrogen and oxygen atoms in total. The highest BCUT2D eigenvalue weighted by atomic mass is 15.1. The van der Waals surface area contributed by atoms with Gasteiger partial charge in [-0.25, -0.2) is 0 Å². The zero-order valence-electron chi connectivity index (χ0n) is 11.7. The fourth-order valence-corrected chi connectivity index (χ4v) is 2.50. The standard InChI is InChI=1S/C15H24N2/c1-11(2)12-6-7-14-13(8-12)16-9-15(3,4)10-17(14)5/h6-8,11,16H,9-10H2,1-5H3. The van der Waals surface area contributed by atoms with Crippen LogP contribution in [0.2, 0.25) is 0 Å². The van der Waals surface area contributed by atoms with Gasteiger partial charge in [0.25, 0.3) is 0 Å². The van der Waals surface area contributed by atoms with Gasteiger partial charge in [0, 0.05) is 20.1 Å². The third kappa shape index (κ3) is 2.56. The molecule has 0 fully saturated rings. The summed E-state index contributed by atoms with van der Waals surface area (Å²) in [4.78, 5) is 2.36. The molecular formula is C15H24N2. The van der Waals surface area contributed by atoms with E-state index in [0.717, 1.165) is 13.1 Å². The predicted octanol–water partition coefficient (Wildman–Crippen LogP) is 3.70. The minimum absolute atomic E-state index is 0.311. The Kier molecular flexibility index (Phi) is 3.07. The molecule has 1 aromatic rings. The van der Waals surface area contributed by atoms with Gasteiger partial charge in [-0.05, 0) is 29.0 Å². The van der Waals surface area contributed by atoms with Crippen molar-refractivity contribution in [3.63, 3.8) is 0 Å². The molecule has 0 amide bonds. The van der Waals surface area contributed by atoms with Gasteiger partial charge in [-0.1, -0.05) is 33.8 Å². The van der Waals surface area contributed by atoms with Crippen LogP contribution in [-0.2, 0) is 0 Å². The van der Waals surface area contributed by atoms with Crippen molar-refractivity contribution in [2.45, 2.75) is 33.6 Å². The van der Waals surface area contributed by atoms with Gasteiger partial charge in [0.1, 0.15) is 0 Å². The van der Waals surface area contributed by atoms with Crippen molar-refractivity contribution in [1.82, 2.24) is 0 Å². The quantitative estimate of drug-likeness (QED) is 0.794. The van der Waals surface area contributed by atoms with Gasteiger partial charge in [-0.3, -0.25) is 0 Å². The van der Waals surface area contributed by atoms with Crippen LogP contribution in [0.5, 0.6) is 0 Å². The van der Waals surface area contributed by atoms with E-state index in [0.29, 0.717) is 11.3 Å². The van der Waals surface area contributed by atoms with Crippen LogP contribution in [0.25, 0.3) is 0 Å². The van der Waals surface area contributed by atoms with Gasteiger partial charge < -0.3 is 10.2 Å². The third-order valence-electron chi connectivity index (χ3n) is 3.52. The maximum atomic E-state index is 3.60. The van der Waals surface area contributed by atoms with E-state index in [1.165, 1.54) is 16.9 Å². The Morgan fingerprint density at radius 3 is 2.65 bits per heavy atom. The van der Waals surface area contributed by atoms with Crippen molar-refractivity contribution in [1.29, 1.82) is 0 Å². The molecule has 17 heavy (non-hydrogen) atoms. The van der Waals surface area contributed by atoms with E-state index in [9.17, 15) is 0 Å². The first-order valence-electron chi connectivity index (χ1n) is 6.48. The molecule has 0 radical (unpaired) electrons. The number of fused-ring (bicyclic) bond motifs is 1. The molecule has 2 rings (SSSR count). The Balaban J connectivity index is 2.37. The number of nitrogens with zero attached hydrogens (tertiary/aromatic N) is 1. The van der Waals surface area contributed by atoms with E-state index in [1.54, 1.807) is 0 Å². The lowest BCUT2D eigenvalue weighted by atomic mass is 9.93. The minimum atomic E-state index is 0.311. The summed E-state index contributed by atoms with van der Waals surface area (Å²) in [5.74, 6) is 0.587. The van der Waals surface area contributed by atoms with E-state index < -0.39 is 0 Å².